The minimum Gasteiger partial charge on any atom is -0.507 e. The molecular formula is C12H12ClN3O3S. The Kier molecular flexibility index (Phi) is 4.53. The number of benzene rings is 1. The highest BCUT2D eigenvalue weighted by molar-refractivity contribution is 7.79. The fourth-order valence-corrected chi connectivity index (χ4v) is 2.24. The summed E-state index contributed by atoms with van der Waals surface area (Å²) in [6.45, 7) is 0. The van der Waals surface area contributed by atoms with Gasteiger partial charge < -0.3 is 14.6 Å². The van der Waals surface area contributed by atoms with Gasteiger partial charge in [-0.15, -0.1) is 0 Å². The molecule has 1 aromatic heterocycles. The molecule has 0 bridgehead atoms. The molecule has 0 saturated heterocycles. The number of hydrogen-bond donors (Lipinski definition) is 2. The molecule has 0 radical (unpaired) electrons. The van der Waals surface area contributed by atoms with E-state index in [1.54, 1.807) is 19.2 Å². The minimum absolute atomic E-state index is 0.0792. The molecule has 1 atom stereocenters. The molecule has 0 aliphatic carbocycles. The second kappa shape index (κ2) is 6.17. The molecule has 1 heterocycles. The second-order valence-corrected chi connectivity index (χ2v) is 5.42. The molecule has 0 spiro atoms. The van der Waals surface area contributed by atoms with Crippen molar-refractivity contribution in [1.82, 2.24) is 9.97 Å². The number of aromatic hydroxyl groups is 1. The lowest BCUT2D eigenvalue weighted by atomic mass is 10.1. The van der Waals surface area contributed by atoms with Gasteiger partial charge in [-0.1, -0.05) is 11.6 Å². The van der Waals surface area contributed by atoms with E-state index in [1.807, 2.05) is 0 Å². The first-order valence-corrected chi connectivity index (χ1v) is 7.22. The Bertz CT molecular complexity index is 636. The molecule has 0 aliphatic heterocycles. The maximum atomic E-state index is 10.7. The van der Waals surface area contributed by atoms with Gasteiger partial charge in [-0.3, -0.25) is 0 Å². The van der Waals surface area contributed by atoms with E-state index in [0.717, 1.165) is 0 Å². The molecule has 1 unspecified atom stereocenters. The Morgan fingerprint density at radius 2 is 2.00 bits per heavy atom. The zero-order chi connectivity index (χ0) is 14.7. The van der Waals surface area contributed by atoms with Crippen LogP contribution in [-0.2, 0) is 11.1 Å². The summed E-state index contributed by atoms with van der Waals surface area (Å²) < 4.78 is 19.5. The second-order valence-electron chi connectivity index (χ2n) is 4.08. The first-order chi connectivity index (χ1) is 9.47. The summed E-state index contributed by atoms with van der Waals surface area (Å²) in [4.78, 5) is 9.64. The highest BCUT2D eigenvalue weighted by Gasteiger charge is 2.10. The standard InChI is InChI=1S/C12H12ClN3O3S/c1-16(7-20(18)19)12-14-5-8(6-15-12)10-4-9(13)2-3-11(10)17/h2-6,17H,7H2,1H3,(H,18,19). The van der Waals surface area contributed by atoms with Gasteiger partial charge in [-0.25, -0.2) is 14.2 Å². The highest BCUT2D eigenvalue weighted by atomic mass is 35.5. The molecule has 20 heavy (non-hydrogen) atoms. The molecule has 8 heteroatoms. The summed E-state index contributed by atoms with van der Waals surface area (Å²) in [6, 6.07) is 4.69. The minimum atomic E-state index is -1.96. The van der Waals surface area contributed by atoms with E-state index in [1.165, 1.54) is 23.4 Å². The molecule has 106 valence electrons. The number of hydrogen-bond acceptors (Lipinski definition) is 5. The zero-order valence-corrected chi connectivity index (χ0v) is 12.1. The molecule has 2 N–H and O–H groups in total. The average molecular weight is 314 g/mol. The normalized spacial score (nSPS) is 12.2. The van der Waals surface area contributed by atoms with Gasteiger partial charge >= 0.3 is 0 Å². The lowest BCUT2D eigenvalue weighted by molar-refractivity contribution is 0.477. The number of nitrogens with zero attached hydrogens (tertiary/aromatic N) is 3. The molecule has 2 aromatic rings. The third kappa shape index (κ3) is 3.44. The lowest BCUT2D eigenvalue weighted by Gasteiger charge is -2.14. The van der Waals surface area contributed by atoms with Crippen molar-refractivity contribution in [3.63, 3.8) is 0 Å². The predicted molar refractivity (Wildman–Crippen MR) is 78.2 cm³/mol. The molecule has 0 amide bonds. The van der Waals surface area contributed by atoms with Gasteiger partial charge in [0.1, 0.15) is 11.6 Å². The number of rotatable bonds is 4. The van der Waals surface area contributed by atoms with Crippen molar-refractivity contribution in [2.24, 2.45) is 0 Å². The molecule has 1 aromatic carbocycles. The average Bonchev–Trinajstić information content (AvgIpc) is 2.41. The molecular weight excluding hydrogens is 302 g/mol. The molecule has 0 saturated carbocycles. The Balaban J connectivity index is 2.28. The number of aromatic nitrogens is 2. The van der Waals surface area contributed by atoms with Crippen molar-refractivity contribution < 1.29 is 13.9 Å². The SMILES string of the molecule is CN(CS(=O)O)c1ncc(-c2cc(Cl)ccc2O)cn1. The van der Waals surface area contributed by atoms with Crippen molar-refractivity contribution in [3.05, 3.63) is 35.6 Å². The van der Waals surface area contributed by atoms with Crippen molar-refractivity contribution >= 4 is 28.6 Å². The maximum Gasteiger partial charge on any atom is 0.225 e. The van der Waals surface area contributed by atoms with Gasteiger partial charge in [0.2, 0.25) is 5.95 Å². The maximum absolute atomic E-state index is 10.7. The molecule has 2 rings (SSSR count). The Morgan fingerprint density at radius 3 is 2.60 bits per heavy atom. The van der Waals surface area contributed by atoms with Crippen LogP contribution in [0.15, 0.2) is 30.6 Å². The first kappa shape index (κ1) is 14.7. The Hall–Kier alpha value is -1.70. The van der Waals surface area contributed by atoms with Gasteiger partial charge in [0.25, 0.3) is 0 Å². The van der Waals surface area contributed by atoms with Crippen LogP contribution in [-0.4, -0.2) is 36.8 Å². The van der Waals surface area contributed by atoms with Gasteiger partial charge in [-0.2, -0.15) is 0 Å². The van der Waals surface area contributed by atoms with E-state index in [-0.39, 0.29) is 11.6 Å². The zero-order valence-electron chi connectivity index (χ0n) is 10.5. The smallest absolute Gasteiger partial charge is 0.225 e. The molecule has 6 nitrogen and oxygen atoms in total. The van der Waals surface area contributed by atoms with Crippen molar-refractivity contribution in [3.8, 4) is 16.9 Å². The summed E-state index contributed by atoms with van der Waals surface area (Å²) >= 11 is 3.93. The van der Waals surface area contributed by atoms with Crippen LogP contribution in [0.2, 0.25) is 5.02 Å². The van der Waals surface area contributed by atoms with Crippen molar-refractivity contribution in [1.29, 1.82) is 0 Å². The van der Waals surface area contributed by atoms with Crippen LogP contribution in [0.1, 0.15) is 0 Å². The van der Waals surface area contributed by atoms with Gasteiger partial charge in [-0.05, 0) is 18.2 Å². The largest absolute Gasteiger partial charge is 0.507 e. The lowest BCUT2D eigenvalue weighted by Crippen LogP contribution is -2.23. The summed E-state index contributed by atoms with van der Waals surface area (Å²) in [7, 11) is 1.61. The fraction of sp³-hybridized carbons (Fsp3) is 0.167. The summed E-state index contributed by atoms with van der Waals surface area (Å²) in [5.41, 5.74) is 1.13. The van der Waals surface area contributed by atoms with E-state index in [4.69, 9.17) is 16.2 Å². The Labute approximate surface area is 123 Å². The van der Waals surface area contributed by atoms with E-state index in [0.29, 0.717) is 22.1 Å². The quantitative estimate of drug-likeness (QED) is 0.841. The van der Waals surface area contributed by atoms with Crippen LogP contribution < -0.4 is 4.90 Å². The predicted octanol–water partition coefficient (Wildman–Crippen LogP) is 2.12. The number of phenolic OH excluding ortho intramolecular Hbond substituents is 1. The van der Waals surface area contributed by atoms with Crippen molar-refractivity contribution in [2.45, 2.75) is 0 Å². The van der Waals surface area contributed by atoms with Crippen LogP contribution in [0.25, 0.3) is 11.1 Å². The van der Waals surface area contributed by atoms with Gasteiger partial charge in [0, 0.05) is 35.6 Å². The molecule has 0 aliphatic rings. The summed E-state index contributed by atoms with van der Waals surface area (Å²) in [5, 5.41) is 10.3. The summed E-state index contributed by atoms with van der Waals surface area (Å²) in [5.74, 6) is 0.315. The van der Waals surface area contributed by atoms with Crippen LogP contribution in [0.5, 0.6) is 5.75 Å². The van der Waals surface area contributed by atoms with E-state index in [9.17, 15) is 9.32 Å². The van der Waals surface area contributed by atoms with E-state index < -0.39 is 11.1 Å². The number of phenols is 1. The van der Waals surface area contributed by atoms with Crippen LogP contribution in [0.3, 0.4) is 0 Å². The van der Waals surface area contributed by atoms with E-state index in [2.05, 4.69) is 9.97 Å². The van der Waals surface area contributed by atoms with Crippen LogP contribution in [0.4, 0.5) is 5.95 Å². The third-order valence-corrected chi connectivity index (χ3v) is 3.40. The van der Waals surface area contributed by atoms with Gasteiger partial charge in [0.15, 0.2) is 11.1 Å². The van der Waals surface area contributed by atoms with Gasteiger partial charge in [0.05, 0.1) is 0 Å². The molecule has 0 fully saturated rings. The first-order valence-electron chi connectivity index (χ1n) is 5.57. The monoisotopic (exact) mass is 313 g/mol. The summed E-state index contributed by atoms with van der Waals surface area (Å²) in [6.07, 6.45) is 3.04. The van der Waals surface area contributed by atoms with Crippen LogP contribution in [0, 0.1) is 0 Å². The van der Waals surface area contributed by atoms with E-state index >= 15 is 0 Å². The van der Waals surface area contributed by atoms with Crippen LogP contribution >= 0.6 is 11.6 Å². The highest BCUT2D eigenvalue weighted by Crippen LogP contribution is 2.31. The topological polar surface area (TPSA) is 86.6 Å². The fourth-order valence-electron chi connectivity index (χ4n) is 1.62. The number of halogens is 1. The number of anilines is 1. The van der Waals surface area contributed by atoms with Crippen molar-refractivity contribution in [2.75, 3.05) is 17.8 Å². The third-order valence-electron chi connectivity index (χ3n) is 2.55. The Morgan fingerprint density at radius 1 is 1.35 bits per heavy atom.